The summed E-state index contributed by atoms with van der Waals surface area (Å²) in [4.78, 5) is 26.0. The van der Waals surface area contributed by atoms with Gasteiger partial charge in [-0.15, -0.1) is 0 Å². The molecule has 0 atom stereocenters. The molecule has 0 aliphatic heterocycles. The third kappa shape index (κ3) is 5.80. The number of carbonyl (C=O) groups is 2. The number of nitrogens with one attached hydrogen (secondary N) is 1. The Balaban J connectivity index is 2.24. The summed E-state index contributed by atoms with van der Waals surface area (Å²) in [5, 5.41) is 2.74. The van der Waals surface area contributed by atoms with Gasteiger partial charge in [-0.25, -0.2) is 4.79 Å². The Kier molecular flexibility index (Phi) is 7.98. The van der Waals surface area contributed by atoms with Gasteiger partial charge in [0.15, 0.2) is 6.29 Å². The lowest BCUT2D eigenvalue weighted by atomic mass is 10.2. The van der Waals surface area contributed by atoms with Gasteiger partial charge in [-0.3, -0.25) is 9.69 Å². The Labute approximate surface area is 165 Å². The van der Waals surface area contributed by atoms with Crippen molar-refractivity contribution >= 4 is 23.4 Å². The molecular weight excluding hydrogens is 360 g/mol. The zero-order valence-electron chi connectivity index (χ0n) is 16.6. The minimum absolute atomic E-state index is 0.118. The maximum atomic E-state index is 12.9. The summed E-state index contributed by atoms with van der Waals surface area (Å²) in [6, 6.07) is 14.2. The molecule has 2 aromatic carbocycles. The average Bonchev–Trinajstić information content (AvgIpc) is 2.70. The first-order chi connectivity index (χ1) is 13.5. The smallest absolute Gasteiger partial charge is 0.410 e. The van der Waals surface area contributed by atoms with Gasteiger partial charge < -0.3 is 19.5 Å². The largest absolute Gasteiger partial charge is 0.419 e. The quantitative estimate of drug-likeness (QED) is 0.695. The van der Waals surface area contributed by atoms with Crippen molar-refractivity contribution in [3.63, 3.8) is 0 Å². The van der Waals surface area contributed by atoms with Gasteiger partial charge in [0.05, 0.1) is 12.2 Å². The van der Waals surface area contributed by atoms with Gasteiger partial charge in [0.25, 0.3) is 0 Å². The number of carbonyl (C=O) groups excluding carboxylic acids is 2. The SMILES string of the molecule is CCC(=O)Nc1cccc(OC(=O)N(CC(OC)OC)c2ccccc2C)c1. The zero-order chi connectivity index (χ0) is 20.5. The molecule has 0 aromatic heterocycles. The highest BCUT2D eigenvalue weighted by molar-refractivity contribution is 5.92. The van der Waals surface area contributed by atoms with Crippen molar-refractivity contribution in [2.75, 3.05) is 31.0 Å². The Morgan fingerprint density at radius 1 is 1.07 bits per heavy atom. The Hall–Kier alpha value is -2.90. The number of anilines is 2. The molecule has 0 radical (unpaired) electrons. The summed E-state index contributed by atoms with van der Waals surface area (Å²) in [5.41, 5.74) is 2.17. The van der Waals surface area contributed by atoms with Gasteiger partial charge in [-0.2, -0.15) is 0 Å². The molecule has 0 aliphatic carbocycles. The van der Waals surface area contributed by atoms with E-state index in [1.807, 2.05) is 31.2 Å². The molecule has 28 heavy (non-hydrogen) atoms. The third-order valence-corrected chi connectivity index (χ3v) is 4.13. The Morgan fingerprint density at radius 3 is 2.43 bits per heavy atom. The fourth-order valence-corrected chi connectivity index (χ4v) is 2.57. The molecule has 0 fully saturated rings. The van der Waals surface area contributed by atoms with Crippen LogP contribution in [0.2, 0.25) is 0 Å². The maximum absolute atomic E-state index is 12.9. The number of hydrogen-bond donors (Lipinski definition) is 1. The monoisotopic (exact) mass is 386 g/mol. The van der Waals surface area contributed by atoms with Gasteiger partial charge >= 0.3 is 6.09 Å². The highest BCUT2D eigenvalue weighted by atomic mass is 16.7. The second-order valence-electron chi connectivity index (χ2n) is 6.10. The van der Waals surface area contributed by atoms with Gasteiger partial charge in [0, 0.05) is 32.4 Å². The number of ether oxygens (including phenoxy) is 3. The first-order valence-electron chi connectivity index (χ1n) is 8.99. The molecule has 7 nitrogen and oxygen atoms in total. The van der Waals surface area contributed by atoms with E-state index in [0.717, 1.165) is 5.56 Å². The predicted octanol–water partition coefficient (Wildman–Crippen LogP) is 3.97. The van der Waals surface area contributed by atoms with Crippen LogP contribution in [0.25, 0.3) is 0 Å². The number of para-hydroxylation sites is 1. The number of rotatable bonds is 8. The van der Waals surface area contributed by atoms with E-state index in [1.54, 1.807) is 31.2 Å². The lowest BCUT2D eigenvalue weighted by molar-refractivity contribution is -0.115. The van der Waals surface area contributed by atoms with Gasteiger partial charge in [-0.05, 0) is 30.7 Å². The molecule has 0 spiro atoms. The van der Waals surface area contributed by atoms with Crippen LogP contribution in [0, 0.1) is 6.92 Å². The summed E-state index contributed by atoms with van der Waals surface area (Å²) in [6.07, 6.45) is -0.824. The maximum Gasteiger partial charge on any atom is 0.419 e. The van der Waals surface area contributed by atoms with Crippen LogP contribution in [-0.4, -0.2) is 39.1 Å². The van der Waals surface area contributed by atoms with Crippen LogP contribution in [0.1, 0.15) is 18.9 Å². The molecule has 0 saturated heterocycles. The number of hydrogen-bond acceptors (Lipinski definition) is 5. The van der Waals surface area contributed by atoms with Crippen molar-refractivity contribution in [2.24, 2.45) is 0 Å². The summed E-state index contributed by atoms with van der Waals surface area (Å²) in [5.74, 6) is 0.205. The van der Waals surface area contributed by atoms with Gasteiger partial charge in [0.1, 0.15) is 5.75 Å². The van der Waals surface area contributed by atoms with E-state index in [0.29, 0.717) is 23.5 Å². The number of aryl methyl sites for hydroxylation is 1. The van der Waals surface area contributed by atoms with Crippen LogP contribution in [0.3, 0.4) is 0 Å². The highest BCUT2D eigenvalue weighted by Gasteiger charge is 2.23. The van der Waals surface area contributed by atoms with E-state index in [4.69, 9.17) is 14.2 Å². The van der Waals surface area contributed by atoms with Crippen molar-refractivity contribution in [1.29, 1.82) is 0 Å². The van der Waals surface area contributed by atoms with Crippen molar-refractivity contribution in [3.8, 4) is 5.75 Å². The molecule has 2 rings (SSSR count). The third-order valence-electron chi connectivity index (χ3n) is 4.13. The molecule has 1 N–H and O–H groups in total. The van der Waals surface area contributed by atoms with Crippen LogP contribution >= 0.6 is 0 Å². The molecule has 0 bridgehead atoms. The van der Waals surface area contributed by atoms with Gasteiger partial charge in [0.2, 0.25) is 5.91 Å². The molecule has 2 amide bonds. The topological polar surface area (TPSA) is 77.1 Å². The van der Waals surface area contributed by atoms with Crippen LogP contribution in [0.15, 0.2) is 48.5 Å². The van der Waals surface area contributed by atoms with Crippen LogP contribution in [0.5, 0.6) is 5.75 Å². The zero-order valence-corrected chi connectivity index (χ0v) is 16.6. The molecule has 7 heteroatoms. The van der Waals surface area contributed by atoms with Crippen LogP contribution < -0.4 is 15.0 Å². The molecular formula is C21H26N2O5. The first kappa shape index (κ1) is 21.4. The number of benzene rings is 2. The van der Waals surface area contributed by atoms with Crippen LogP contribution in [0.4, 0.5) is 16.2 Å². The standard InChI is InChI=1S/C21H26N2O5/c1-5-19(24)22-16-10-8-11-17(13-16)28-21(25)23(14-20(26-3)27-4)18-12-7-6-9-15(18)2/h6-13,20H,5,14H2,1-4H3,(H,22,24). The summed E-state index contributed by atoms with van der Waals surface area (Å²) >= 11 is 0. The van der Waals surface area contributed by atoms with Gasteiger partial charge in [-0.1, -0.05) is 31.2 Å². The fraction of sp³-hybridized carbons (Fsp3) is 0.333. The van der Waals surface area contributed by atoms with E-state index in [-0.39, 0.29) is 12.5 Å². The number of methoxy groups -OCH3 is 2. The second kappa shape index (κ2) is 10.4. The number of amides is 2. The lowest BCUT2D eigenvalue weighted by Crippen LogP contribution is -2.41. The molecule has 0 heterocycles. The number of nitrogens with zero attached hydrogens (tertiary/aromatic N) is 1. The minimum atomic E-state index is -0.609. The molecule has 2 aromatic rings. The highest BCUT2D eigenvalue weighted by Crippen LogP contribution is 2.23. The summed E-state index contributed by atoms with van der Waals surface area (Å²) in [7, 11) is 3.02. The second-order valence-corrected chi connectivity index (χ2v) is 6.10. The van der Waals surface area contributed by atoms with E-state index in [1.165, 1.54) is 19.1 Å². The Bertz CT molecular complexity index is 805. The molecule has 0 saturated carbocycles. The fourth-order valence-electron chi connectivity index (χ4n) is 2.57. The van der Waals surface area contributed by atoms with E-state index in [9.17, 15) is 9.59 Å². The molecule has 0 unspecified atom stereocenters. The van der Waals surface area contributed by atoms with Crippen molar-refractivity contribution < 1.29 is 23.8 Å². The summed E-state index contributed by atoms with van der Waals surface area (Å²) < 4.78 is 16.1. The molecule has 0 aliphatic rings. The normalized spacial score (nSPS) is 10.6. The van der Waals surface area contributed by atoms with Crippen LogP contribution in [-0.2, 0) is 14.3 Å². The van der Waals surface area contributed by atoms with E-state index >= 15 is 0 Å². The summed E-state index contributed by atoms with van der Waals surface area (Å²) in [6.45, 7) is 3.83. The van der Waals surface area contributed by atoms with E-state index in [2.05, 4.69) is 5.32 Å². The first-order valence-corrected chi connectivity index (χ1v) is 8.99. The predicted molar refractivity (Wildman–Crippen MR) is 108 cm³/mol. The van der Waals surface area contributed by atoms with E-state index < -0.39 is 12.4 Å². The lowest BCUT2D eigenvalue weighted by Gasteiger charge is -2.27. The Morgan fingerprint density at radius 2 is 1.79 bits per heavy atom. The van der Waals surface area contributed by atoms with Crippen molar-refractivity contribution in [3.05, 3.63) is 54.1 Å². The molecule has 150 valence electrons. The minimum Gasteiger partial charge on any atom is -0.410 e. The van der Waals surface area contributed by atoms with Crippen molar-refractivity contribution in [2.45, 2.75) is 26.6 Å². The average molecular weight is 386 g/mol. The van der Waals surface area contributed by atoms with Crippen molar-refractivity contribution in [1.82, 2.24) is 0 Å².